The zero-order valence-corrected chi connectivity index (χ0v) is 7.98. The second-order valence-electron chi connectivity index (χ2n) is 4.03. The van der Waals surface area contributed by atoms with Gasteiger partial charge in [0.2, 0.25) is 0 Å². The first-order chi connectivity index (χ1) is 6.35. The van der Waals surface area contributed by atoms with Gasteiger partial charge in [0, 0.05) is 7.11 Å². The summed E-state index contributed by atoms with van der Waals surface area (Å²) in [6.45, 7) is 0. The van der Waals surface area contributed by atoms with Crippen LogP contribution < -0.4 is 0 Å². The van der Waals surface area contributed by atoms with Crippen molar-refractivity contribution in [1.29, 1.82) is 0 Å². The lowest BCUT2D eigenvalue weighted by Crippen LogP contribution is -2.20. The number of rotatable bonds is 3. The lowest BCUT2D eigenvalue weighted by Gasteiger charge is -2.25. The zero-order valence-electron chi connectivity index (χ0n) is 7.98. The molecular weight excluding hydrogens is 167 g/mol. The summed E-state index contributed by atoms with van der Waals surface area (Å²) in [5, 5.41) is 8.85. The van der Waals surface area contributed by atoms with Crippen molar-refractivity contribution < 1.29 is 14.5 Å². The van der Waals surface area contributed by atoms with Crippen LogP contribution in [0.2, 0.25) is 5.82 Å². The highest BCUT2D eigenvalue weighted by atomic mass is 16.8. The van der Waals surface area contributed by atoms with E-state index in [2.05, 4.69) is 0 Å². The standard InChI is InChI=1S/C9H16BO3/c1-12-9-8(13-9)6-2-4-7(10-11)5-3-6/h6-9,11H,2-5H2,1H3. The Morgan fingerprint density at radius 3 is 2.46 bits per heavy atom. The minimum Gasteiger partial charge on any atom is -0.454 e. The number of hydrogen-bond acceptors (Lipinski definition) is 3. The summed E-state index contributed by atoms with van der Waals surface area (Å²) in [5.74, 6) is 1.07. The number of methoxy groups -OCH3 is 1. The predicted octanol–water partition coefficient (Wildman–Crippen LogP) is 0.948. The van der Waals surface area contributed by atoms with Crippen LogP contribution in [0.15, 0.2) is 0 Å². The third-order valence-corrected chi connectivity index (χ3v) is 3.21. The molecule has 1 saturated carbocycles. The molecule has 0 amide bonds. The Hall–Kier alpha value is -0.0551. The Bertz CT molecular complexity index is 168. The summed E-state index contributed by atoms with van der Waals surface area (Å²) in [5.41, 5.74) is 0. The van der Waals surface area contributed by atoms with Crippen molar-refractivity contribution in [2.45, 2.75) is 43.9 Å². The van der Waals surface area contributed by atoms with Crippen LogP contribution in [0.1, 0.15) is 25.7 Å². The molecule has 3 nitrogen and oxygen atoms in total. The molecule has 0 spiro atoms. The predicted molar refractivity (Wildman–Crippen MR) is 49.4 cm³/mol. The smallest absolute Gasteiger partial charge is 0.290 e. The van der Waals surface area contributed by atoms with E-state index in [0.717, 1.165) is 25.7 Å². The normalized spacial score (nSPS) is 44.5. The molecule has 1 aliphatic carbocycles. The molecule has 2 aliphatic rings. The summed E-state index contributed by atoms with van der Waals surface area (Å²) < 4.78 is 10.5. The van der Waals surface area contributed by atoms with Crippen LogP contribution in [0.5, 0.6) is 0 Å². The van der Waals surface area contributed by atoms with E-state index in [1.807, 2.05) is 0 Å². The Morgan fingerprint density at radius 1 is 1.31 bits per heavy atom. The van der Waals surface area contributed by atoms with Crippen LogP contribution in [-0.2, 0) is 9.47 Å². The van der Waals surface area contributed by atoms with Crippen molar-refractivity contribution >= 4 is 7.48 Å². The molecule has 0 aromatic rings. The number of ether oxygens (including phenoxy) is 2. The first-order valence-corrected chi connectivity index (χ1v) is 5.01. The monoisotopic (exact) mass is 183 g/mol. The van der Waals surface area contributed by atoms with Gasteiger partial charge >= 0.3 is 0 Å². The van der Waals surface area contributed by atoms with Gasteiger partial charge in [-0.3, -0.25) is 0 Å². The minimum atomic E-state index is 0.0552. The number of epoxide rings is 1. The van der Waals surface area contributed by atoms with Crippen molar-refractivity contribution in [2.24, 2.45) is 5.92 Å². The summed E-state index contributed by atoms with van der Waals surface area (Å²) in [6, 6.07) is 0. The average molecular weight is 183 g/mol. The summed E-state index contributed by atoms with van der Waals surface area (Å²) in [4.78, 5) is 0. The molecule has 2 rings (SSSR count). The van der Waals surface area contributed by atoms with Crippen molar-refractivity contribution in [1.82, 2.24) is 0 Å². The van der Waals surface area contributed by atoms with Crippen LogP contribution in [0.3, 0.4) is 0 Å². The first-order valence-electron chi connectivity index (χ1n) is 5.01. The second kappa shape index (κ2) is 3.99. The van der Waals surface area contributed by atoms with E-state index in [1.165, 1.54) is 7.48 Å². The average Bonchev–Trinajstić information content (AvgIpc) is 2.97. The van der Waals surface area contributed by atoms with Crippen LogP contribution >= 0.6 is 0 Å². The van der Waals surface area contributed by atoms with Gasteiger partial charge in [-0.25, -0.2) is 0 Å². The van der Waals surface area contributed by atoms with Gasteiger partial charge in [0.1, 0.15) is 6.10 Å². The molecule has 4 heteroatoms. The van der Waals surface area contributed by atoms with E-state index in [0.29, 0.717) is 17.8 Å². The highest BCUT2D eigenvalue weighted by Crippen LogP contribution is 2.41. The molecule has 0 aromatic carbocycles. The molecule has 2 unspecified atom stereocenters. The van der Waals surface area contributed by atoms with Crippen LogP contribution in [0, 0.1) is 5.92 Å². The van der Waals surface area contributed by atoms with Crippen molar-refractivity contribution in [3.63, 3.8) is 0 Å². The van der Waals surface area contributed by atoms with Crippen molar-refractivity contribution in [3.8, 4) is 0 Å². The van der Waals surface area contributed by atoms with Crippen molar-refractivity contribution in [2.75, 3.05) is 7.11 Å². The SMILES string of the molecule is COC1OC1C1CCC([B]O)CC1. The molecule has 0 bridgehead atoms. The fourth-order valence-corrected chi connectivity index (χ4v) is 2.26. The van der Waals surface area contributed by atoms with Crippen LogP contribution in [0.4, 0.5) is 0 Å². The molecule has 1 radical (unpaired) electrons. The molecule has 0 aromatic heterocycles. The maximum Gasteiger partial charge on any atom is 0.290 e. The fraction of sp³-hybridized carbons (Fsp3) is 1.00. The quantitative estimate of drug-likeness (QED) is 0.523. The van der Waals surface area contributed by atoms with Crippen LogP contribution in [-0.4, -0.2) is 32.0 Å². The molecule has 1 saturated heterocycles. The molecule has 1 aliphatic heterocycles. The van der Waals surface area contributed by atoms with Gasteiger partial charge in [0.05, 0.1) is 0 Å². The topological polar surface area (TPSA) is 42.0 Å². The molecule has 2 fully saturated rings. The number of hydrogen-bond donors (Lipinski definition) is 1. The van der Waals surface area contributed by atoms with E-state index in [4.69, 9.17) is 14.5 Å². The second-order valence-corrected chi connectivity index (χ2v) is 4.03. The lowest BCUT2D eigenvalue weighted by atomic mass is 9.67. The first kappa shape index (κ1) is 9.50. The maximum absolute atomic E-state index is 8.85. The molecule has 2 atom stereocenters. The summed E-state index contributed by atoms with van der Waals surface area (Å²) in [7, 11) is 3.04. The van der Waals surface area contributed by atoms with Gasteiger partial charge in [0.15, 0.2) is 6.29 Å². The Morgan fingerprint density at radius 2 is 2.00 bits per heavy atom. The maximum atomic E-state index is 8.85. The largest absolute Gasteiger partial charge is 0.454 e. The summed E-state index contributed by atoms with van der Waals surface area (Å²) in [6.07, 6.45) is 4.90. The highest BCUT2D eigenvalue weighted by Gasteiger charge is 2.45. The van der Waals surface area contributed by atoms with Gasteiger partial charge in [-0.15, -0.1) is 0 Å². The van der Waals surface area contributed by atoms with E-state index in [9.17, 15) is 0 Å². The third-order valence-electron chi connectivity index (χ3n) is 3.21. The van der Waals surface area contributed by atoms with Crippen LogP contribution in [0.25, 0.3) is 0 Å². The van der Waals surface area contributed by atoms with Gasteiger partial charge in [-0.2, -0.15) is 0 Å². The van der Waals surface area contributed by atoms with E-state index in [1.54, 1.807) is 7.11 Å². The highest BCUT2D eigenvalue weighted by molar-refractivity contribution is 6.27. The van der Waals surface area contributed by atoms with Gasteiger partial charge < -0.3 is 14.5 Å². The Labute approximate surface area is 79.7 Å². The van der Waals surface area contributed by atoms with Crippen molar-refractivity contribution in [3.05, 3.63) is 0 Å². The van der Waals surface area contributed by atoms with Gasteiger partial charge in [-0.05, 0) is 24.6 Å². The molecule has 13 heavy (non-hydrogen) atoms. The van der Waals surface area contributed by atoms with Gasteiger partial charge in [0.25, 0.3) is 7.48 Å². The minimum absolute atomic E-state index is 0.0552. The van der Waals surface area contributed by atoms with E-state index >= 15 is 0 Å². The molecule has 1 heterocycles. The fourth-order valence-electron chi connectivity index (χ4n) is 2.26. The third kappa shape index (κ3) is 2.06. The van der Waals surface area contributed by atoms with E-state index < -0.39 is 0 Å². The summed E-state index contributed by atoms with van der Waals surface area (Å²) >= 11 is 0. The zero-order chi connectivity index (χ0) is 9.26. The molecule has 73 valence electrons. The Kier molecular flexibility index (Phi) is 2.91. The molecular formula is C9H16BO3. The van der Waals surface area contributed by atoms with E-state index in [-0.39, 0.29) is 6.29 Å². The Balaban J connectivity index is 1.73. The molecule has 1 N–H and O–H groups in total. The van der Waals surface area contributed by atoms with Gasteiger partial charge in [-0.1, -0.05) is 12.8 Å². The lowest BCUT2D eigenvalue weighted by molar-refractivity contribution is 0.0950.